The number of nitrogens with zero attached hydrogens (tertiary/aromatic N) is 2. The summed E-state index contributed by atoms with van der Waals surface area (Å²) in [4.78, 5) is 4.08. The van der Waals surface area contributed by atoms with E-state index in [9.17, 15) is 0 Å². The lowest BCUT2D eigenvalue weighted by Crippen LogP contribution is -2.10. The van der Waals surface area contributed by atoms with E-state index in [-0.39, 0.29) is 0 Å². The molecule has 5 heteroatoms. The van der Waals surface area contributed by atoms with Crippen LogP contribution in [0.5, 0.6) is 0 Å². The molecule has 1 aromatic heterocycles. The molecular weight excluding hydrogens is 178 g/mol. The molecule has 0 bridgehead atoms. The van der Waals surface area contributed by atoms with Crippen LogP contribution in [0.25, 0.3) is 0 Å². The van der Waals surface area contributed by atoms with Gasteiger partial charge in [-0.2, -0.15) is 5.10 Å². The van der Waals surface area contributed by atoms with Crippen molar-refractivity contribution in [1.29, 1.82) is 5.41 Å². The van der Waals surface area contributed by atoms with Gasteiger partial charge in [0.1, 0.15) is 5.84 Å². The highest BCUT2D eigenvalue weighted by atomic mass is 15.2. The van der Waals surface area contributed by atoms with Crippen LogP contribution in [0, 0.1) is 5.41 Å². The maximum atomic E-state index is 6.87. The third-order valence-corrected chi connectivity index (χ3v) is 2.17. The number of hydrogen-bond acceptors (Lipinski definition) is 3. The van der Waals surface area contributed by atoms with E-state index in [1.165, 1.54) is 19.1 Å². The first-order chi connectivity index (χ1) is 6.79. The molecule has 1 aliphatic rings. The lowest BCUT2D eigenvalue weighted by Gasteiger charge is -1.90. The first-order valence-electron chi connectivity index (χ1n) is 4.67. The molecule has 4 N–H and O–H groups in total. The van der Waals surface area contributed by atoms with Gasteiger partial charge in [-0.25, -0.2) is 4.99 Å². The molecule has 1 aliphatic carbocycles. The van der Waals surface area contributed by atoms with Crippen LogP contribution in [0.4, 0.5) is 5.82 Å². The molecule has 2 rings (SSSR count). The SMILES string of the molecule is N=CCC(N)=Nc1cc(C2CC2)[nH]n1. The van der Waals surface area contributed by atoms with Crippen LogP contribution < -0.4 is 5.73 Å². The van der Waals surface area contributed by atoms with Crippen LogP contribution >= 0.6 is 0 Å². The average molecular weight is 191 g/mol. The van der Waals surface area contributed by atoms with E-state index in [1.807, 2.05) is 6.07 Å². The molecule has 1 fully saturated rings. The van der Waals surface area contributed by atoms with Crippen LogP contribution in [0.15, 0.2) is 11.1 Å². The van der Waals surface area contributed by atoms with Gasteiger partial charge in [0, 0.05) is 30.3 Å². The van der Waals surface area contributed by atoms with Gasteiger partial charge in [0.05, 0.1) is 0 Å². The molecule has 0 aliphatic heterocycles. The van der Waals surface area contributed by atoms with E-state index >= 15 is 0 Å². The summed E-state index contributed by atoms with van der Waals surface area (Å²) in [6, 6.07) is 1.93. The zero-order valence-corrected chi connectivity index (χ0v) is 7.83. The third kappa shape index (κ3) is 1.99. The number of amidine groups is 1. The van der Waals surface area contributed by atoms with Gasteiger partial charge in [-0.15, -0.1) is 0 Å². The number of aromatic amines is 1. The number of nitrogens with two attached hydrogens (primary N) is 1. The third-order valence-electron chi connectivity index (χ3n) is 2.17. The van der Waals surface area contributed by atoms with Gasteiger partial charge in [-0.05, 0) is 12.8 Å². The Morgan fingerprint density at radius 1 is 1.79 bits per heavy atom. The normalized spacial score (nSPS) is 17.0. The second kappa shape index (κ2) is 3.61. The summed E-state index contributed by atoms with van der Waals surface area (Å²) in [5, 5.41) is 13.8. The van der Waals surface area contributed by atoms with Gasteiger partial charge < -0.3 is 11.1 Å². The number of nitrogens with one attached hydrogen (secondary N) is 2. The van der Waals surface area contributed by atoms with Crippen molar-refractivity contribution < 1.29 is 0 Å². The van der Waals surface area contributed by atoms with Crippen molar-refractivity contribution in [2.24, 2.45) is 10.7 Å². The largest absolute Gasteiger partial charge is 0.387 e. The van der Waals surface area contributed by atoms with Gasteiger partial charge in [-0.3, -0.25) is 5.10 Å². The highest BCUT2D eigenvalue weighted by molar-refractivity contribution is 5.93. The highest BCUT2D eigenvalue weighted by Gasteiger charge is 2.25. The molecule has 0 radical (unpaired) electrons. The summed E-state index contributed by atoms with van der Waals surface area (Å²) in [6.45, 7) is 0. The summed E-state index contributed by atoms with van der Waals surface area (Å²) in [5.41, 5.74) is 6.71. The summed E-state index contributed by atoms with van der Waals surface area (Å²) >= 11 is 0. The van der Waals surface area contributed by atoms with E-state index in [2.05, 4.69) is 15.2 Å². The Hall–Kier alpha value is -1.65. The van der Waals surface area contributed by atoms with Crippen molar-refractivity contribution in [2.45, 2.75) is 25.2 Å². The monoisotopic (exact) mass is 191 g/mol. The Balaban J connectivity index is 2.08. The standard InChI is InChI=1S/C9H13N5/c10-4-3-8(11)12-9-5-7(13-14-9)6-1-2-6/h4-6,10H,1-3H2,(H3,11,12,13,14). The van der Waals surface area contributed by atoms with Crippen LogP contribution in [0.3, 0.4) is 0 Å². The minimum atomic E-state index is 0.381. The Labute approximate surface area is 81.9 Å². The summed E-state index contributed by atoms with van der Waals surface area (Å²) < 4.78 is 0. The first-order valence-corrected chi connectivity index (χ1v) is 4.67. The molecule has 1 aromatic rings. The van der Waals surface area contributed by atoms with Gasteiger partial charge in [0.25, 0.3) is 0 Å². The fourth-order valence-corrected chi connectivity index (χ4v) is 1.28. The fraction of sp³-hybridized carbons (Fsp3) is 0.444. The molecule has 14 heavy (non-hydrogen) atoms. The van der Waals surface area contributed by atoms with E-state index in [0.29, 0.717) is 24.0 Å². The lowest BCUT2D eigenvalue weighted by atomic mass is 10.3. The molecule has 0 unspecified atom stereocenters. The lowest BCUT2D eigenvalue weighted by molar-refractivity contribution is 0.964. The van der Waals surface area contributed by atoms with E-state index < -0.39 is 0 Å². The molecule has 0 spiro atoms. The summed E-state index contributed by atoms with van der Waals surface area (Å²) in [7, 11) is 0. The number of aromatic nitrogens is 2. The minimum absolute atomic E-state index is 0.381. The molecule has 74 valence electrons. The predicted molar refractivity (Wildman–Crippen MR) is 55.2 cm³/mol. The van der Waals surface area contributed by atoms with Crippen molar-refractivity contribution in [3.63, 3.8) is 0 Å². The van der Waals surface area contributed by atoms with Crippen LogP contribution in [-0.4, -0.2) is 22.2 Å². The number of rotatable bonds is 4. The molecule has 0 atom stereocenters. The van der Waals surface area contributed by atoms with Crippen LogP contribution in [0.1, 0.15) is 30.9 Å². The van der Waals surface area contributed by atoms with E-state index in [1.54, 1.807) is 0 Å². The molecule has 0 aromatic carbocycles. The van der Waals surface area contributed by atoms with Crippen molar-refractivity contribution in [3.05, 3.63) is 11.8 Å². The second-order valence-corrected chi connectivity index (χ2v) is 3.47. The van der Waals surface area contributed by atoms with Crippen molar-refractivity contribution >= 4 is 17.9 Å². The zero-order valence-electron chi connectivity index (χ0n) is 7.83. The summed E-state index contributed by atoms with van der Waals surface area (Å²) in [5.74, 6) is 1.69. The molecule has 0 saturated heterocycles. The maximum Gasteiger partial charge on any atom is 0.175 e. The average Bonchev–Trinajstić information content (AvgIpc) is 2.89. The zero-order chi connectivity index (χ0) is 9.97. The molecule has 5 nitrogen and oxygen atoms in total. The van der Waals surface area contributed by atoms with Crippen LogP contribution in [-0.2, 0) is 0 Å². The Bertz CT molecular complexity index is 361. The quantitative estimate of drug-likeness (QED) is 0.494. The van der Waals surface area contributed by atoms with Gasteiger partial charge in [0.2, 0.25) is 0 Å². The van der Waals surface area contributed by atoms with Gasteiger partial charge in [0.15, 0.2) is 5.82 Å². The Kier molecular flexibility index (Phi) is 2.30. The molecule has 0 amide bonds. The Morgan fingerprint density at radius 2 is 2.57 bits per heavy atom. The second-order valence-electron chi connectivity index (χ2n) is 3.47. The first kappa shape index (κ1) is 8.93. The topological polar surface area (TPSA) is 90.9 Å². The van der Waals surface area contributed by atoms with Crippen LogP contribution in [0.2, 0.25) is 0 Å². The van der Waals surface area contributed by atoms with E-state index in [4.69, 9.17) is 11.1 Å². The number of H-pyrrole nitrogens is 1. The highest BCUT2D eigenvalue weighted by Crippen LogP contribution is 2.39. The number of hydrogen-bond donors (Lipinski definition) is 3. The van der Waals surface area contributed by atoms with Crippen molar-refractivity contribution in [1.82, 2.24) is 10.2 Å². The van der Waals surface area contributed by atoms with Gasteiger partial charge >= 0.3 is 0 Å². The van der Waals surface area contributed by atoms with Gasteiger partial charge in [-0.1, -0.05) is 0 Å². The van der Waals surface area contributed by atoms with Crippen molar-refractivity contribution in [2.75, 3.05) is 0 Å². The van der Waals surface area contributed by atoms with Crippen molar-refractivity contribution in [3.8, 4) is 0 Å². The minimum Gasteiger partial charge on any atom is -0.387 e. The maximum absolute atomic E-state index is 6.87. The smallest absolute Gasteiger partial charge is 0.175 e. The molecule has 1 saturated carbocycles. The van der Waals surface area contributed by atoms with E-state index in [0.717, 1.165) is 5.69 Å². The fourth-order valence-electron chi connectivity index (χ4n) is 1.28. The predicted octanol–water partition coefficient (Wildman–Crippen LogP) is 1.32. The number of aliphatic imine (C=N–C) groups is 1. The molecular formula is C9H13N5. The summed E-state index contributed by atoms with van der Waals surface area (Å²) in [6.07, 6.45) is 4.08. The molecule has 1 heterocycles. The Morgan fingerprint density at radius 3 is 3.21 bits per heavy atom.